The number of methoxy groups -OCH3 is 2. The van der Waals surface area contributed by atoms with E-state index in [1.165, 1.54) is 7.11 Å². The lowest BCUT2D eigenvalue weighted by Crippen LogP contribution is -2.19. The van der Waals surface area contributed by atoms with Gasteiger partial charge in [0, 0.05) is 18.0 Å². The fourth-order valence-corrected chi connectivity index (χ4v) is 3.50. The van der Waals surface area contributed by atoms with Crippen molar-refractivity contribution >= 4 is 17.9 Å². The molecule has 0 saturated heterocycles. The van der Waals surface area contributed by atoms with E-state index in [-0.39, 0.29) is 11.6 Å². The summed E-state index contributed by atoms with van der Waals surface area (Å²) in [5.74, 6) is 0.581. The highest BCUT2D eigenvalue weighted by Gasteiger charge is 2.19. The lowest BCUT2D eigenvalue weighted by Gasteiger charge is -2.19. The van der Waals surface area contributed by atoms with Crippen LogP contribution in [0, 0.1) is 0 Å². The van der Waals surface area contributed by atoms with Gasteiger partial charge in [-0.05, 0) is 61.7 Å². The Hall–Kier alpha value is -3.04. The van der Waals surface area contributed by atoms with Crippen molar-refractivity contribution in [2.24, 2.45) is 0 Å². The molecule has 1 aromatic carbocycles. The minimum atomic E-state index is -1.01. The number of aromatic nitrogens is 3. The molecule has 0 aliphatic heterocycles. The number of rotatable bonds is 8. The molecule has 0 radical (unpaired) electrons. The molecule has 0 fully saturated rings. The van der Waals surface area contributed by atoms with Crippen LogP contribution in [0.3, 0.4) is 0 Å². The van der Waals surface area contributed by atoms with E-state index in [9.17, 15) is 9.90 Å². The predicted octanol–water partition coefficient (Wildman–Crippen LogP) is 3.01. The number of carbonyl (C=O) groups excluding carboxylic acids is 1. The highest BCUT2D eigenvalue weighted by Crippen LogP contribution is 2.32. The summed E-state index contributed by atoms with van der Waals surface area (Å²) in [5, 5.41) is 14.4. The van der Waals surface area contributed by atoms with Gasteiger partial charge in [0.1, 0.15) is 11.4 Å². The van der Waals surface area contributed by atoms with Gasteiger partial charge in [-0.1, -0.05) is 6.07 Å². The molecular weight excluding hydrogens is 404 g/mol. The summed E-state index contributed by atoms with van der Waals surface area (Å²) in [6, 6.07) is 10.6. The van der Waals surface area contributed by atoms with Crippen LogP contribution in [0.2, 0.25) is 0 Å². The summed E-state index contributed by atoms with van der Waals surface area (Å²) >= 11 is 1.10. The second kappa shape index (κ2) is 9.19. The summed E-state index contributed by atoms with van der Waals surface area (Å²) in [7, 11) is 3.06. The number of hydrogen-bond donors (Lipinski definition) is 2. The van der Waals surface area contributed by atoms with Crippen LogP contribution >= 0.6 is 11.9 Å². The van der Waals surface area contributed by atoms with Crippen LogP contribution in [-0.4, -0.2) is 40.0 Å². The average molecular weight is 429 g/mol. The van der Waals surface area contributed by atoms with Crippen molar-refractivity contribution in [1.29, 1.82) is 0 Å². The van der Waals surface area contributed by atoms with Crippen molar-refractivity contribution in [1.82, 2.24) is 19.5 Å². The summed E-state index contributed by atoms with van der Waals surface area (Å²) < 4.78 is 15.2. The van der Waals surface area contributed by atoms with Crippen molar-refractivity contribution in [3.05, 3.63) is 65.6 Å². The average Bonchev–Trinajstić information content (AvgIpc) is 3.24. The number of benzene rings is 1. The molecule has 9 heteroatoms. The fraction of sp³-hybridized carbons (Fsp3) is 0.286. The largest absolute Gasteiger partial charge is 0.496 e. The topological polar surface area (TPSA) is 98.5 Å². The number of hydrogen-bond acceptors (Lipinski definition) is 7. The van der Waals surface area contributed by atoms with E-state index in [1.807, 2.05) is 12.3 Å². The first-order valence-electron chi connectivity index (χ1n) is 9.21. The molecule has 0 atom stereocenters. The van der Waals surface area contributed by atoms with Crippen LogP contribution in [-0.2, 0) is 12.1 Å². The van der Waals surface area contributed by atoms with Gasteiger partial charge in [-0.3, -0.25) is 14.2 Å². The van der Waals surface area contributed by atoms with E-state index in [2.05, 4.69) is 14.8 Å². The predicted molar refractivity (Wildman–Crippen MR) is 114 cm³/mol. The van der Waals surface area contributed by atoms with Crippen LogP contribution < -0.4 is 14.2 Å². The molecule has 2 aromatic heterocycles. The molecule has 30 heavy (non-hydrogen) atoms. The quantitative estimate of drug-likeness (QED) is 0.532. The van der Waals surface area contributed by atoms with Crippen molar-refractivity contribution in [2.75, 3.05) is 14.2 Å². The monoisotopic (exact) mass is 428 g/mol. The van der Waals surface area contributed by atoms with Crippen LogP contribution in [0.5, 0.6) is 11.6 Å². The third-order valence-electron chi connectivity index (χ3n) is 4.38. The normalized spacial score (nSPS) is 11.2. The standard InChI is InChI=1S/C21H24N4O4S/c1-21(2,27)15-7-9-17(28-3)18(12-15)30-24-19(26)16-8-6-14(20(23-16)29-4)13-25-11-5-10-22-25/h5-12,27H,13H2,1-4H3,(H,24,26). The minimum Gasteiger partial charge on any atom is -0.496 e. The van der Waals surface area contributed by atoms with E-state index in [4.69, 9.17) is 9.47 Å². The second-order valence-electron chi connectivity index (χ2n) is 7.03. The SMILES string of the molecule is COc1ccc(C(C)(C)O)cc1SNC(=O)c1ccc(Cn2cccn2)c(OC)n1. The number of ether oxygens (including phenoxy) is 2. The number of nitrogens with zero attached hydrogens (tertiary/aromatic N) is 3. The summed E-state index contributed by atoms with van der Waals surface area (Å²) in [6.07, 6.45) is 3.53. The zero-order valence-corrected chi connectivity index (χ0v) is 18.1. The van der Waals surface area contributed by atoms with Gasteiger partial charge in [0.2, 0.25) is 5.88 Å². The number of aliphatic hydroxyl groups is 1. The van der Waals surface area contributed by atoms with Crippen LogP contribution in [0.1, 0.15) is 35.5 Å². The van der Waals surface area contributed by atoms with E-state index < -0.39 is 5.60 Å². The molecule has 158 valence electrons. The molecule has 0 aliphatic rings. The Kier molecular flexibility index (Phi) is 6.63. The summed E-state index contributed by atoms with van der Waals surface area (Å²) in [4.78, 5) is 17.6. The van der Waals surface area contributed by atoms with Gasteiger partial charge < -0.3 is 14.6 Å². The lowest BCUT2D eigenvalue weighted by molar-refractivity contribution is 0.0783. The Morgan fingerprint density at radius 2 is 2.03 bits per heavy atom. The van der Waals surface area contributed by atoms with Gasteiger partial charge in [0.15, 0.2) is 0 Å². The Morgan fingerprint density at radius 1 is 1.23 bits per heavy atom. The maximum absolute atomic E-state index is 12.6. The van der Waals surface area contributed by atoms with E-state index in [0.29, 0.717) is 28.6 Å². The Bertz CT molecular complexity index is 1020. The molecule has 1 amide bonds. The highest BCUT2D eigenvalue weighted by molar-refractivity contribution is 7.98. The van der Waals surface area contributed by atoms with Gasteiger partial charge in [0.05, 0.1) is 31.3 Å². The molecule has 3 rings (SSSR count). The van der Waals surface area contributed by atoms with Crippen molar-refractivity contribution in [2.45, 2.75) is 30.9 Å². The zero-order chi connectivity index (χ0) is 21.7. The molecule has 2 N–H and O–H groups in total. The molecule has 0 unspecified atom stereocenters. The molecular formula is C21H24N4O4S. The van der Waals surface area contributed by atoms with Crippen molar-refractivity contribution < 1.29 is 19.4 Å². The number of carbonyl (C=O) groups is 1. The molecule has 2 heterocycles. The number of amides is 1. The first kappa shape index (κ1) is 21.7. The van der Waals surface area contributed by atoms with Gasteiger partial charge in [-0.25, -0.2) is 4.98 Å². The van der Waals surface area contributed by atoms with Crippen molar-refractivity contribution in [3.8, 4) is 11.6 Å². The third-order valence-corrected chi connectivity index (χ3v) is 5.21. The van der Waals surface area contributed by atoms with Gasteiger partial charge in [-0.15, -0.1) is 0 Å². The second-order valence-corrected chi connectivity index (χ2v) is 7.87. The third kappa shape index (κ3) is 5.11. The number of nitrogens with one attached hydrogen (secondary N) is 1. The summed E-state index contributed by atoms with van der Waals surface area (Å²) in [5.41, 5.74) is 0.735. The Morgan fingerprint density at radius 3 is 2.67 bits per heavy atom. The Labute approximate surface area is 179 Å². The van der Waals surface area contributed by atoms with Crippen LogP contribution in [0.25, 0.3) is 0 Å². The number of pyridine rings is 1. The molecule has 3 aromatic rings. The smallest absolute Gasteiger partial charge is 0.280 e. The molecule has 8 nitrogen and oxygen atoms in total. The zero-order valence-electron chi connectivity index (χ0n) is 17.2. The minimum absolute atomic E-state index is 0.223. The molecule has 0 bridgehead atoms. The van der Waals surface area contributed by atoms with E-state index in [1.54, 1.807) is 62.2 Å². The van der Waals surface area contributed by atoms with Crippen molar-refractivity contribution in [3.63, 3.8) is 0 Å². The maximum Gasteiger partial charge on any atom is 0.280 e. The first-order valence-corrected chi connectivity index (χ1v) is 10.0. The fourth-order valence-electron chi connectivity index (χ4n) is 2.75. The molecule has 0 aliphatic carbocycles. The highest BCUT2D eigenvalue weighted by atomic mass is 32.2. The lowest BCUT2D eigenvalue weighted by atomic mass is 9.98. The van der Waals surface area contributed by atoms with E-state index in [0.717, 1.165) is 17.5 Å². The maximum atomic E-state index is 12.6. The van der Waals surface area contributed by atoms with Crippen LogP contribution in [0.15, 0.2) is 53.7 Å². The van der Waals surface area contributed by atoms with Crippen LogP contribution in [0.4, 0.5) is 0 Å². The summed E-state index contributed by atoms with van der Waals surface area (Å²) in [6.45, 7) is 3.88. The van der Waals surface area contributed by atoms with Gasteiger partial charge in [-0.2, -0.15) is 5.10 Å². The van der Waals surface area contributed by atoms with Gasteiger partial charge >= 0.3 is 0 Å². The van der Waals surface area contributed by atoms with Gasteiger partial charge in [0.25, 0.3) is 5.91 Å². The van der Waals surface area contributed by atoms with E-state index >= 15 is 0 Å². The first-order chi connectivity index (χ1) is 14.3. The molecule has 0 saturated carbocycles. The molecule has 0 spiro atoms. The Balaban J connectivity index is 1.75.